The van der Waals surface area contributed by atoms with Crippen LogP contribution in [0.2, 0.25) is 0 Å². The summed E-state index contributed by atoms with van der Waals surface area (Å²) >= 11 is 0. The van der Waals surface area contributed by atoms with Crippen molar-refractivity contribution in [2.24, 2.45) is 0 Å². The van der Waals surface area contributed by atoms with E-state index in [4.69, 9.17) is 13.8 Å². The van der Waals surface area contributed by atoms with E-state index < -0.39 is 26.5 Å². The van der Waals surface area contributed by atoms with E-state index in [0.717, 1.165) is 96.3 Å². The molecular weight excluding hydrogens is 810 g/mol. The van der Waals surface area contributed by atoms with Crippen LogP contribution in [0.1, 0.15) is 206 Å². The number of hydrogen-bond acceptors (Lipinski definition) is 7. The van der Waals surface area contributed by atoms with Crippen molar-refractivity contribution < 1.29 is 37.9 Å². The van der Waals surface area contributed by atoms with Gasteiger partial charge in [-0.2, -0.15) is 0 Å². The van der Waals surface area contributed by atoms with Crippen molar-refractivity contribution in [2.45, 2.75) is 213 Å². The Bertz CT molecular complexity index is 1300. The van der Waals surface area contributed by atoms with Gasteiger partial charge in [0.1, 0.15) is 12.7 Å². The van der Waals surface area contributed by atoms with E-state index >= 15 is 0 Å². The maximum absolute atomic E-state index is 12.1. The Labute approximate surface area is 385 Å². The molecule has 0 radical (unpaired) electrons. The van der Waals surface area contributed by atoms with Crippen LogP contribution in [0.15, 0.2) is 85.1 Å². The van der Waals surface area contributed by atoms with Gasteiger partial charge >= 0.3 is 13.8 Å². The van der Waals surface area contributed by atoms with E-state index in [1.54, 1.807) is 0 Å². The topological polar surface area (TPSA) is 131 Å². The summed E-state index contributed by atoms with van der Waals surface area (Å²) in [6.45, 7) is 3.47. The maximum Gasteiger partial charge on any atom is 0.472 e. The van der Waals surface area contributed by atoms with Crippen LogP contribution < -0.4 is 5.32 Å². The molecule has 0 fully saturated rings. The van der Waals surface area contributed by atoms with Gasteiger partial charge in [-0.3, -0.25) is 18.6 Å². The molecule has 1 amide bonds. The first-order valence-corrected chi connectivity index (χ1v) is 26.6. The summed E-state index contributed by atoms with van der Waals surface area (Å²) in [4.78, 5) is 34.1. The third kappa shape index (κ3) is 50.1. The molecule has 3 N–H and O–H groups in total. The van der Waals surface area contributed by atoms with Gasteiger partial charge < -0.3 is 20.1 Å². The molecule has 9 nitrogen and oxygen atoms in total. The van der Waals surface area contributed by atoms with Crippen LogP contribution >= 0.6 is 7.82 Å². The van der Waals surface area contributed by atoms with Crippen LogP contribution in [0.3, 0.4) is 0 Å². The van der Waals surface area contributed by atoms with Crippen LogP contribution in [0.4, 0.5) is 0 Å². The predicted molar refractivity (Wildman–Crippen MR) is 266 cm³/mol. The molecule has 0 aliphatic rings. The molecule has 0 aromatic carbocycles. The van der Waals surface area contributed by atoms with Gasteiger partial charge in [0.05, 0.1) is 13.2 Å². The fourth-order valence-electron chi connectivity index (χ4n) is 6.49. The number of aliphatic hydroxyl groups is 1. The molecule has 2 unspecified atom stereocenters. The highest BCUT2D eigenvalue weighted by atomic mass is 31.2. The Balaban J connectivity index is 3.64. The summed E-state index contributed by atoms with van der Waals surface area (Å²) in [7, 11) is -4.43. The Morgan fingerprint density at radius 2 is 0.857 bits per heavy atom. The van der Waals surface area contributed by atoms with Crippen molar-refractivity contribution in [1.82, 2.24) is 5.32 Å². The number of hydrogen-bond donors (Lipinski definition) is 3. The zero-order chi connectivity index (χ0) is 46.0. The Hall–Kier alpha value is -2.81. The van der Waals surface area contributed by atoms with E-state index in [1.807, 2.05) is 0 Å². The molecule has 0 aromatic heterocycles. The summed E-state index contributed by atoms with van der Waals surface area (Å²) in [5, 5.41) is 12.7. The number of ether oxygens (including phenoxy) is 1. The maximum atomic E-state index is 12.1. The SMILES string of the molecule is CCCCC/C=C\C/C=C\C/C=C\C/C=C\CCCCCCCCCC(=O)OCC(O)COP(=O)(O)OCCNC(=O)CCCCCCCC/C=C\C/C=C\C/C=C\CCCCC. The zero-order valence-corrected chi connectivity index (χ0v) is 40.9. The van der Waals surface area contributed by atoms with Gasteiger partial charge in [0.15, 0.2) is 0 Å². The summed E-state index contributed by atoms with van der Waals surface area (Å²) in [5.41, 5.74) is 0. The average Bonchev–Trinajstić information content (AvgIpc) is 3.27. The van der Waals surface area contributed by atoms with Crippen molar-refractivity contribution in [3.8, 4) is 0 Å². The summed E-state index contributed by atoms with van der Waals surface area (Å²) in [5.74, 6) is -0.543. The second-order valence-electron chi connectivity index (χ2n) is 16.4. The smallest absolute Gasteiger partial charge is 0.463 e. The van der Waals surface area contributed by atoms with Crippen molar-refractivity contribution >= 4 is 19.7 Å². The molecular formula is C53H92NO8P. The molecule has 0 saturated heterocycles. The minimum atomic E-state index is -4.43. The summed E-state index contributed by atoms with van der Waals surface area (Å²) in [6.07, 6.45) is 62.2. The second-order valence-corrected chi connectivity index (χ2v) is 17.9. The van der Waals surface area contributed by atoms with E-state index in [-0.39, 0.29) is 32.1 Å². The molecule has 0 aromatic rings. The quantitative estimate of drug-likeness (QED) is 0.0238. The third-order valence-electron chi connectivity index (χ3n) is 10.3. The number of aliphatic hydroxyl groups excluding tert-OH is 1. The number of carbonyl (C=O) groups excluding carboxylic acids is 2. The number of unbranched alkanes of at least 4 members (excludes halogenated alkanes) is 19. The van der Waals surface area contributed by atoms with Crippen LogP contribution in [0.25, 0.3) is 0 Å². The summed E-state index contributed by atoms with van der Waals surface area (Å²) < 4.78 is 27.0. The van der Waals surface area contributed by atoms with Gasteiger partial charge in [0.25, 0.3) is 0 Å². The lowest BCUT2D eigenvalue weighted by Gasteiger charge is -2.15. The Kier molecular flexibility index (Phi) is 46.5. The number of allylic oxidation sites excluding steroid dienone is 14. The van der Waals surface area contributed by atoms with E-state index in [0.29, 0.717) is 6.42 Å². The molecule has 63 heavy (non-hydrogen) atoms. The summed E-state index contributed by atoms with van der Waals surface area (Å²) in [6, 6.07) is 0. The third-order valence-corrected chi connectivity index (χ3v) is 11.3. The van der Waals surface area contributed by atoms with Crippen LogP contribution in [-0.4, -0.2) is 54.3 Å². The number of nitrogens with one attached hydrogen (secondary N) is 1. The molecule has 2 atom stereocenters. The number of esters is 1. The lowest BCUT2D eigenvalue weighted by molar-refractivity contribution is -0.147. The number of carbonyl (C=O) groups is 2. The highest BCUT2D eigenvalue weighted by Crippen LogP contribution is 2.42. The predicted octanol–water partition coefficient (Wildman–Crippen LogP) is 14.8. The average molecular weight is 902 g/mol. The molecule has 0 heterocycles. The minimum absolute atomic E-state index is 0.0686. The molecule has 0 saturated carbocycles. The lowest BCUT2D eigenvalue weighted by atomic mass is 10.1. The number of phosphoric ester groups is 1. The van der Waals surface area contributed by atoms with Crippen LogP contribution in [0, 0.1) is 0 Å². The second kappa shape index (κ2) is 48.6. The molecule has 0 rings (SSSR count). The van der Waals surface area contributed by atoms with Crippen LogP contribution in [0.5, 0.6) is 0 Å². The van der Waals surface area contributed by atoms with Gasteiger partial charge in [-0.05, 0) is 96.3 Å². The lowest BCUT2D eigenvalue weighted by Crippen LogP contribution is -2.27. The fraction of sp³-hybridized carbons (Fsp3) is 0.698. The molecule has 10 heteroatoms. The van der Waals surface area contributed by atoms with E-state index in [1.165, 1.54) is 83.5 Å². The highest BCUT2D eigenvalue weighted by molar-refractivity contribution is 7.47. The first-order valence-electron chi connectivity index (χ1n) is 25.1. The minimum Gasteiger partial charge on any atom is -0.463 e. The van der Waals surface area contributed by atoms with E-state index in [9.17, 15) is 24.2 Å². The fourth-order valence-corrected chi connectivity index (χ4v) is 7.24. The van der Waals surface area contributed by atoms with Crippen molar-refractivity contribution in [3.63, 3.8) is 0 Å². The van der Waals surface area contributed by atoms with Gasteiger partial charge in [-0.25, -0.2) is 4.57 Å². The number of rotatable bonds is 46. The zero-order valence-electron chi connectivity index (χ0n) is 40.0. The molecule has 362 valence electrons. The van der Waals surface area contributed by atoms with Crippen molar-refractivity contribution in [1.29, 1.82) is 0 Å². The molecule has 0 aliphatic heterocycles. The van der Waals surface area contributed by atoms with Crippen molar-refractivity contribution in [2.75, 3.05) is 26.4 Å². The van der Waals surface area contributed by atoms with Gasteiger partial charge in [0.2, 0.25) is 5.91 Å². The largest absolute Gasteiger partial charge is 0.472 e. The van der Waals surface area contributed by atoms with E-state index in [2.05, 4.69) is 104 Å². The highest BCUT2D eigenvalue weighted by Gasteiger charge is 2.23. The van der Waals surface area contributed by atoms with Crippen LogP contribution in [-0.2, 0) is 27.9 Å². The first kappa shape index (κ1) is 60.2. The molecule has 0 spiro atoms. The molecule has 0 bridgehead atoms. The molecule has 0 aliphatic carbocycles. The number of phosphoric acid groups is 1. The standard InChI is InChI=1S/C53H92NO8P/c1-3-5-7-9-11-13-15-17-19-21-23-24-25-26-28-30-32-34-36-38-40-42-44-46-53(57)60-49-51(55)50-62-63(58,59)61-48-47-54-52(56)45-43-41-39-37-35-33-31-29-27-22-20-18-16-14-12-10-8-6-4-2/h11-14,17-20,23-24,26-29,51,55H,3-10,15-16,21-22,25,30-50H2,1-2H3,(H,54,56)(H,58,59)/b13-11-,14-12-,19-17-,20-18-,24-23-,28-26-,29-27-. The Morgan fingerprint density at radius 1 is 0.492 bits per heavy atom. The number of amides is 1. The monoisotopic (exact) mass is 902 g/mol. The van der Waals surface area contributed by atoms with Crippen molar-refractivity contribution in [3.05, 3.63) is 85.1 Å². The van der Waals surface area contributed by atoms with Gasteiger partial charge in [-0.1, -0.05) is 182 Å². The van der Waals surface area contributed by atoms with Gasteiger partial charge in [-0.15, -0.1) is 0 Å². The Morgan fingerprint density at radius 3 is 1.29 bits per heavy atom. The van der Waals surface area contributed by atoms with Gasteiger partial charge in [0, 0.05) is 19.4 Å². The normalized spacial score (nSPS) is 13.9. The first-order chi connectivity index (χ1) is 30.8.